The Morgan fingerprint density at radius 1 is 0.929 bits per heavy atom. The molecule has 224 valence electrons. The number of benzene rings is 2. The number of ketones is 1. The van der Waals surface area contributed by atoms with Gasteiger partial charge in [0, 0.05) is 36.4 Å². The molecular weight excluding hydrogens is 546 g/mol. The monoisotopic (exact) mass is 581 g/mol. The maximum atomic E-state index is 13.2. The molecule has 0 bridgehead atoms. The molecule has 0 radical (unpaired) electrons. The van der Waals surface area contributed by atoms with Crippen LogP contribution in [0.5, 0.6) is 0 Å². The molecule has 0 aromatic heterocycles. The van der Waals surface area contributed by atoms with Crippen molar-refractivity contribution in [2.75, 3.05) is 36.8 Å². The number of carbonyl (C=O) groups excluding carboxylic acids is 4. The number of hydrogen-bond donors (Lipinski definition) is 5. The number of rotatable bonds is 12. The van der Waals surface area contributed by atoms with Gasteiger partial charge in [-0.15, -0.1) is 0 Å². The van der Waals surface area contributed by atoms with Crippen molar-refractivity contribution in [3.8, 4) is 0 Å². The van der Waals surface area contributed by atoms with Gasteiger partial charge in [0.25, 0.3) is 0 Å². The lowest BCUT2D eigenvalue weighted by molar-refractivity contribution is -0.156. The number of nitrogens with zero attached hydrogens (tertiary/aromatic N) is 2. The zero-order valence-electron chi connectivity index (χ0n) is 23.7. The van der Waals surface area contributed by atoms with Crippen LogP contribution in [0.1, 0.15) is 42.6 Å². The fourth-order valence-corrected chi connectivity index (χ4v) is 4.54. The minimum atomic E-state index is -1.21. The average molecular weight is 582 g/mol. The summed E-state index contributed by atoms with van der Waals surface area (Å²) in [5, 5.41) is 26.5. The third-order valence-corrected chi connectivity index (χ3v) is 6.91. The van der Waals surface area contributed by atoms with Crippen molar-refractivity contribution in [3.05, 3.63) is 59.7 Å². The van der Waals surface area contributed by atoms with Gasteiger partial charge in [-0.2, -0.15) is 0 Å². The van der Waals surface area contributed by atoms with Gasteiger partial charge in [0.05, 0.1) is 12.1 Å². The second kappa shape index (κ2) is 13.7. The average Bonchev–Trinajstić information content (AvgIpc) is 2.93. The number of anilines is 2. The maximum absolute atomic E-state index is 13.2. The molecular formula is C29H35N5O8. The van der Waals surface area contributed by atoms with E-state index in [4.69, 9.17) is 10.2 Å². The molecule has 2 aromatic carbocycles. The molecule has 4 amide bonds. The van der Waals surface area contributed by atoms with Gasteiger partial charge in [-0.25, -0.2) is 4.79 Å². The zero-order chi connectivity index (χ0) is 31.0. The number of para-hydroxylation sites is 1. The van der Waals surface area contributed by atoms with E-state index in [1.807, 2.05) is 25.1 Å². The summed E-state index contributed by atoms with van der Waals surface area (Å²) in [6.45, 7) is 4.24. The van der Waals surface area contributed by atoms with Gasteiger partial charge in [0.1, 0.15) is 12.6 Å². The first-order chi connectivity index (χ1) is 19.8. The van der Waals surface area contributed by atoms with Crippen LogP contribution in [0.4, 0.5) is 16.2 Å². The van der Waals surface area contributed by atoms with Gasteiger partial charge in [-0.3, -0.25) is 29.3 Å². The number of carboxylic acids is 2. The zero-order valence-corrected chi connectivity index (χ0v) is 23.7. The van der Waals surface area contributed by atoms with Crippen molar-refractivity contribution in [1.29, 1.82) is 0 Å². The number of Topliss-reactive ketones (excluding diaryl/α,β-unsaturated/α-hetero) is 1. The molecule has 1 unspecified atom stereocenters. The smallest absolute Gasteiger partial charge is 0.323 e. The van der Waals surface area contributed by atoms with Crippen LogP contribution in [0.3, 0.4) is 0 Å². The number of urea groups is 1. The van der Waals surface area contributed by atoms with Crippen molar-refractivity contribution in [1.82, 2.24) is 15.1 Å². The first-order valence-electron chi connectivity index (χ1n) is 13.3. The van der Waals surface area contributed by atoms with Gasteiger partial charge in [0.15, 0.2) is 5.78 Å². The summed E-state index contributed by atoms with van der Waals surface area (Å²) in [4.78, 5) is 76.1. The van der Waals surface area contributed by atoms with Crippen LogP contribution >= 0.6 is 0 Å². The summed E-state index contributed by atoms with van der Waals surface area (Å²) in [5.41, 5.74) is 1.19. The van der Waals surface area contributed by atoms with Crippen molar-refractivity contribution in [3.63, 3.8) is 0 Å². The van der Waals surface area contributed by atoms with E-state index >= 15 is 0 Å². The van der Waals surface area contributed by atoms with Gasteiger partial charge in [-0.1, -0.05) is 18.2 Å². The number of carboxylic acid groups (broad SMARTS) is 2. The largest absolute Gasteiger partial charge is 0.481 e. The van der Waals surface area contributed by atoms with Crippen LogP contribution in [0, 0.1) is 6.92 Å². The first kappa shape index (κ1) is 31.7. The molecule has 1 fully saturated rings. The highest BCUT2D eigenvalue weighted by Gasteiger charge is 2.39. The number of nitrogens with one attached hydrogen (secondary N) is 3. The van der Waals surface area contributed by atoms with Crippen LogP contribution in [0.2, 0.25) is 0 Å². The highest BCUT2D eigenvalue weighted by Crippen LogP contribution is 2.20. The van der Waals surface area contributed by atoms with Crippen LogP contribution in [0.15, 0.2) is 48.5 Å². The Morgan fingerprint density at radius 3 is 2.21 bits per heavy atom. The second-order valence-electron chi connectivity index (χ2n) is 10.5. The fraction of sp³-hybridized carbons (Fsp3) is 0.379. The van der Waals surface area contributed by atoms with Crippen molar-refractivity contribution >= 4 is 46.9 Å². The highest BCUT2D eigenvalue weighted by atomic mass is 16.4. The quantitative estimate of drug-likeness (QED) is 0.234. The Morgan fingerprint density at radius 2 is 1.60 bits per heavy atom. The molecule has 0 saturated carbocycles. The number of aryl methyl sites for hydroxylation is 1. The Kier molecular flexibility index (Phi) is 10.4. The predicted molar refractivity (Wildman–Crippen MR) is 153 cm³/mol. The number of hydrogen-bond acceptors (Lipinski definition) is 7. The Hall–Kier alpha value is -4.78. The number of amides is 4. The summed E-state index contributed by atoms with van der Waals surface area (Å²) >= 11 is 0. The van der Waals surface area contributed by atoms with E-state index in [0.29, 0.717) is 16.9 Å². The Labute approximate surface area is 242 Å². The predicted octanol–water partition coefficient (Wildman–Crippen LogP) is 2.18. The van der Waals surface area contributed by atoms with E-state index in [1.54, 1.807) is 44.2 Å². The van der Waals surface area contributed by atoms with Crippen molar-refractivity contribution < 1.29 is 39.0 Å². The second-order valence-corrected chi connectivity index (χ2v) is 10.5. The molecule has 0 spiro atoms. The minimum absolute atomic E-state index is 0.00781. The van der Waals surface area contributed by atoms with Crippen molar-refractivity contribution in [2.24, 2.45) is 0 Å². The Balaban J connectivity index is 1.60. The molecule has 5 N–H and O–H groups in total. The fourth-order valence-electron chi connectivity index (χ4n) is 4.54. The van der Waals surface area contributed by atoms with Crippen LogP contribution in [-0.2, 0) is 19.2 Å². The van der Waals surface area contributed by atoms with Gasteiger partial charge >= 0.3 is 18.0 Å². The van der Waals surface area contributed by atoms with E-state index in [0.717, 1.165) is 10.5 Å². The molecule has 0 aliphatic carbocycles. The molecule has 1 aliphatic rings. The van der Waals surface area contributed by atoms with E-state index in [-0.39, 0.29) is 38.3 Å². The third kappa shape index (κ3) is 8.36. The molecule has 42 heavy (non-hydrogen) atoms. The standard InChI is InChI=1S/C29H35N5O8/c1-18-6-4-5-7-21(18)32-28(42)31-20-10-8-19(9-11-20)26(40)29(2,3)30-16-23(35)34-15-14-33(17-25(38)39)27(41)22(34)12-13-24(36)37/h4-11,22,30H,12-17H2,1-3H3,(H,36,37)(H,38,39)(H2,31,32,42). The van der Waals surface area contributed by atoms with Crippen LogP contribution in [-0.4, -0.2) is 93.3 Å². The topological polar surface area (TPSA) is 185 Å². The molecule has 1 heterocycles. The summed E-state index contributed by atoms with van der Waals surface area (Å²) in [7, 11) is 0. The lowest BCUT2D eigenvalue weighted by Gasteiger charge is -2.40. The summed E-state index contributed by atoms with van der Waals surface area (Å²) in [6.07, 6.45) is -0.543. The first-order valence-corrected chi connectivity index (χ1v) is 13.3. The molecule has 2 aromatic rings. The molecule has 13 nitrogen and oxygen atoms in total. The molecule has 1 atom stereocenters. The molecule has 1 saturated heterocycles. The lowest BCUT2D eigenvalue weighted by Crippen LogP contribution is -2.61. The normalized spacial score (nSPS) is 15.2. The van der Waals surface area contributed by atoms with Gasteiger partial charge in [-0.05, 0) is 63.1 Å². The van der Waals surface area contributed by atoms with E-state index < -0.39 is 47.9 Å². The summed E-state index contributed by atoms with van der Waals surface area (Å²) < 4.78 is 0. The summed E-state index contributed by atoms with van der Waals surface area (Å²) in [6, 6.07) is 12.1. The lowest BCUT2D eigenvalue weighted by atomic mass is 9.93. The minimum Gasteiger partial charge on any atom is -0.481 e. The molecule has 1 aliphatic heterocycles. The molecule has 13 heteroatoms. The van der Waals surface area contributed by atoms with Crippen LogP contribution < -0.4 is 16.0 Å². The number of aliphatic carboxylic acids is 2. The van der Waals surface area contributed by atoms with Crippen LogP contribution in [0.25, 0.3) is 0 Å². The van der Waals surface area contributed by atoms with E-state index in [2.05, 4.69) is 16.0 Å². The van der Waals surface area contributed by atoms with Gasteiger partial charge < -0.3 is 30.6 Å². The number of carbonyl (C=O) groups is 6. The molecule has 3 rings (SSSR count). The third-order valence-electron chi connectivity index (χ3n) is 6.91. The van der Waals surface area contributed by atoms with Crippen molar-refractivity contribution in [2.45, 2.75) is 45.2 Å². The SMILES string of the molecule is Cc1ccccc1NC(=O)Nc1ccc(C(=O)C(C)(C)NCC(=O)N2CCN(CC(=O)O)C(=O)C2CCC(=O)O)cc1. The highest BCUT2D eigenvalue weighted by molar-refractivity contribution is 6.04. The van der Waals surface area contributed by atoms with E-state index in [9.17, 15) is 28.8 Å². The summed E-state index contributed by atoms with van der Waals surface area (Å²) in [5.74, 6) is -3.83. The van der Waals surface area contributed by atoms with Gasteiger partial charge in [0.2, 0.25) is 11.8 Å². The number of piperazine rings is 1. The maximum Gasteiger partial charge on any atom is 0.323 e. The Bertz CT molecular complexity index is 1360. The van der Waals surface area contributed by atoms with E-state index in [1.165, 1.54) is 4.90 Å².